The van der Waals surface area contributed by atoms with Crippen molar-refractivity contribution in [3.8, 4) is 0 Å². The Kier molecular flexibility index (Phi) is 4.63. The highest BCUT2D eigenvalue weighted by Crippen LogP contribution is 2.19. The van der Waals surface area contributed by atoms with Crippen molar-refractivity contribution in [2.45, 2.75) is 24.3 Å². The Hall–Kier alpha value is -1.75. The van der Waals surface area contributed by atoms with Gasteiger partial charge in [0.05, 0.1) is 6.04 Å². The molecule has 0 aliphatic heterocycles. The van der Waals surface area contributed by atoms with Gasteiger partial charge in [0.15, 0.2) is 0 Å². The van der Waals surface area contributed by atoms with E-state index in [0.717, 1.165) is 10.6 Å². The molecule has 0 aliphatic carbocycles. The fraction of sp³-hybridized carbons (Fsp3) is 0.286. The lowest BCUT2D eigenvalue weighted by Gasteiger charge is -2.12. The van der Waals surface area contributed by atoms with Gasteiger partial charge in [-0.3, -0.25) is 9.48 Å². The number of carbonyl (C=O) groups is 1. The zero-order valence-electron chi connectivity index (χ0n) is 11.0. The van der Waals surface area contributed by atoms with Crippen LogP contribution < -0.4 is 5.32 Å². The Morgan fingerprint density at radius 3 is 3.00 bits per heavy atom. The third kappa shape index (κ3) is 3.86. The zero-order chi connectivity index (χ0) is 13.7. The number of hydrogen-bond acceptors (Lipinski definition) is 3. The number of nitrogens with zero attached hydrogens (tertiary/aromatic N) is 2. The zero-order valence-corrected chi connectivity index (χ0v) is 11.9. The van der Waals surface area contributed by atoms with Crippen LogP contribution in [-0.4, -0.2) is 21.9 Å². The predicted octanol–water partition coefficient (Wildman–Crippen LogP) is 3.19. The van der Waals surface area contributed by atoms with Gasteiger partial charge in [0, 0.05) is 29.4 Å². The monoisotopic (exact) mass is 275 g/mol. The van der Waals surface area contributed by atoms with Gasteiger partial charge < -0.3 is 5.32 Å². The van der Waals surface area contributed by atoms with Gasteiger partial charge in [-0.2, -0.15) is 5.10 Å². The molecule has 1 heterocycles. The Bertz CT molecular complexity index is 539. The van der Waals surface area contributed by atoms with Crippen molar-refractivity contribution in [1.82, 2.24) is 9.78 Å². The van der Waals surface area contributed by atoms with Gasteiger partial charge in [-0.25, -0.2) is 0 Å². The number of anilines is 1. The summed E-state index contributed by atoms with van der Waals surface area (Å²) in [7, 11) is 0. The van der Waals surface area contributed by atoms with E-state index in [9.17, 15) is 4.79 Å². The Morgan fingerprint density at radius 1 is 1.47 bits per heavy atom. The molecule has 0 radical (unpaired) electrons. The van der Waals surface area contributed by atoms with Crippen molar-refractivity contribution in [1.29, 1.82) is 0 Å². The molecule has 4 nitrogen and oxygen atoms in total. The van der Waals surface area contributed by atoms with Gasteiger partial charge in [0.2, 0.25) is 5.91 Å². The summed E-state index contributed by atoms with van der Waals surface area (Å²) in [6.07, 6.45) is 6.01. The quantitative estimate of drug-likeness (QED) is 0.852. The Labute approximate surface area is 117 Å². The third-order valence-electron chi connectivity index (χ3n) is 2.81. The second-order valence-corrected chi connectivity index (χ2v) is 5.20. The third-order valence-corrected chi connectivity index (χ3v) is 3.54. The highest BCUT2D eigenvalue weighted by atomic mass is 32.2. The summed E-state index contributed by atoms with van der Waals surface area (Å²) in [5.74, 6) is 0.00116. The Balaban J connectivity index is 1.93. The minimum absolute atomic E-state index is 0.00116. The lowest BCUT2D eigenvalue weighted by molar-refractivity contribution is -0.116. The van der Waals surface area contributed by atoms with Crippen molar-refractivity contribution >= 4 is 23.4 Å². The van der Waals surface area contributed by atoms with Crippen LogP contribution in [0.5, 0.6) is 0 Å². The van der Waals surface area contributed by atoms with Crippen LogP contribution in [0.15, 0.2) is 47.6 Å². The standard InChI is InChI=1S/C14H17N3OS/c1-11(17-8-4-7-15-17)9-14(18)16-12-5-3-6-13(10-12)19-2/h3-8,10-11H,9H2,1-2H3,(H,16,18)/t11-/m0/s1. The van der Waals surface area contributed by atoms with Gasteiger partial charge in [-0.05, 0) is 37.4 Å². The second kappa shape index (κ2) is 6.43. The van der Waals surface area contributed by atoms with Crippen LogP contribution in [0.1, 0.15) is 19.4 Å². The molecular formula is C14H17N3OS. The summed E-state index contributed by atoms with van der Waals surface area (Å²) in [6.45, 7) is 1.98. The molecule has 1 N–H and O–H groups in total. The van der Waals surface area contributed by atoms with Crippen molar-refractivity contribution in [2.24, 2.45) is 0 Å². The maximum atomic E-state index is 12.0. The molecule has 0 unspecified atom stereocenters. The molecule has 1 atom stereocenters. The molecule has 0 spiro atoms. The molecule has 1 amide bonds. The van der Waals surface area contributed by atoms with E-state index in [1.165, 1.54) is 0 Å². The van der Waals surface area contributed by atoms with E-state index >= 15 is 0 Å². The number of aromatic nitrogens is 2. The molecule has 0 fully saturated rings. The molecule has 19 heavy (non-hydrogen) atoms. The van der Waals surface area contributed by atoms with Crippen molar-refractivity contribution in [3.05, 3.63) is 42.7 Å². The summed E-state index contributed by atoms with van der Waals surface area (Å²) in [5.41, 5.74) is 0.838. The number of carbonyl (C=O) groups excluding carboxylic acids is 1. The number of benzene rings is 1. The van der Waals surface area contributed by atoms with Gasteiger partial charge in [0.1, 0.15) is 0 Å². The fourth-order valence-electron chi connectivity index (χ4n) is 1.82. The number of thioether (sulfide) groups is 1. The number of hydrogen-bond donors (Lipinski definition) is 1. The van der Waals surface area contributed by atoms with E-state index in [2.05, 4.69) is 10.4 Å². The first-order valence-electron chi connectivity index (χ1n) is 6.12. The minimum atomic E-state index is 0.00116. The maximum absolute atomic E-state index is 12.0. The van der Waals surface area contributed by atoms with Gasteiger partial charge in [-0.1, -0.05) is 6.07 Å². The predicted molar refractivity (Wildman–Crippen MR) is 78.4 cm³/mol. The molecule has 0 bridgehead atoms. The van der Waals surface area contributed by atoms with Crippen LogP contribution in [0.2, 0.25) is 0 Å². The first kappa shape index (κ1) is 13.7. The smallest absolute Gasteiger partial charge is 0.226 e. The fourth-order valence-corrected chi connectivity index (χ4v) is 2.28. The van der Waals surface area contributed by atoms with Crippen LogP contribution in [0.3, 0.4) is 0 Å². The normalized spacial score (nSPS) is 12.1. The molecule has 1 aromatic carbocycles. The van der Waals surface area contributed by atoms with Crippen LogP contribution in [0.4, 0.5) is 5.69 Å². The molecule has 1 aromatic heterocycles. The first-order chi connectivity index (χ1) is 9.19. The van der Waals surface area contributed by atoms with E-state index in [1.54, 1.807) is 22.6 Å². The summed E-state index contributed by atoms with van der Waals surface area (Å²) in [6, 6.07) is 9.75. The molecule has 2 aromatic rings. The molecule has 2 rings (SSSR count). The van der Waals surface area contributed by atoms with E-state index in [4.69, 9.17) is 0 Å². The van der Waals surface area contributed by atoms with Crippen LogP contribution >= 0.6 is 11.8 Å². The molecule has 100 valence electrons. The van der Waals surface area contributed by atoms with E-state index in [1.807, 2.05) is 49.7 Å². The van der Waals surface area contributed by atoms with Gasteiger partial charge in [-0.15, -0.1) is 11.8 Å². The number of amides is 1. The van der Waals surface area contributed by atoms with Crippen LogP contribution in [0, 0.1) is 0 Å². The van der Waals surface area contributed by atoms with Gasteiger partial charge in [0.25, 0.3) is 0 Å². The molecule has 0 aliphatic rings. The highest BCUT2D eigenvalue weighted by Gasteiger charge is 2.11. The topological polar surface area (TPSA) is 46.9 Å². The molecule has 5 heteroatoms. The summed E-state index contributed by atoms with van der Waals surface area (Å²) < 4.78 is 1.79. The van der Waals surface area contributed by atoms with Gasteiger partial charge >= 0.3 is 0 Å². The SMILES string of the molecule is CSc1cccc(NC(=O)C[C@H](C)n2cccn2)c1. The van der Waals surface area contributed by atoms with E-state index in [0.29, 0.717) is 6.42 Å². The number of nitrogens with one attached hydrogen (secondary N) is 1. The lowest BCUT2D eigenvalue weighted by Crippen LogP contribution is -2.17. The van der Waals surface area contributed by atoms with Crippen molar-refractivity contribution in [3.63, 3.8) is 0 Å². The van der Waals surface area contributed by atoms with E-state index < -0.39 is 0 Å². The van der Waals surface area contributed by atoms with Crippen LogP contribution in [0.25, 0.3) is 0 Å². The van der Waals surface area contributed by atoms with Crippen molar-refractivity contribution in [2.75, 3.05) is 11.6 Å². The average Bonchev–Trinajstić information content (AvgIpc) is 2.92. The summed E-state index contributed by atoms with van der Waals surface area (Å²) in [5, 5.41) is 7.05. The number of rotatable bonds is 5. The largest absolute Gasteiger partial charge is 0.326 e. The van der Waals surface area contributed by atoms with E-state index in [-0.39, 0.29) is 11.9 Å². The molecule has 0 saturated carbocycles. The second-order valence-electron chi connectivity index (χ2n) is 4.32. The molecule has 0 saturated heterocycles. The highest BCUT2D eigenvalue weighted by molar-refractivity contribution is 7.98. The maximum Gasteiger partial charge on any atom is 0.226 e. The first-order valence-corrected chi connectivity index (χ1v) is 7.34. The lowest BCUT2D eigenvalue weighted by atomic mass is 10.2. The average molecular weight is 275 g/mol. The summed E-state index contributed by atoms with van der Waals surface area (Å²) in [4.78, 5) is 13.1. The minimum Gasteiger partial charge on any atom is -0.326 e. The van der Waals surface area contributed by atoms with Crippen LogP contribution in [-0.2, 0) is 4.79 Å². The Morgan fingerprint density at radius 2 is 2.32 bits per heavy atom. The van der Waals surface area contributed by atoms with Crippen molar-refractivity contribution < 1.29 is 4.79 Å². The molecular weight excluding hydrogens is 258 g/mol. The summed E-state index contributed by atoms with van der Waals surface area (Å²) >= 11 is 1.66.